The van der Waals surface area contributed by atoms with Crippen molar-refractivity contribution < 1.29 is 14.3 Å². The number of hydrogen-bond donors (Lipinski definition) is 0. The first-order chi connectivity index (χ1) is 15.2. The number of fused-ring (bicyclic) bond motifs is 6. The lowest BCUT2D eigenvalue weighted by Crippen LogP contribution is -2.57. The molecule has 2 aliphatic heterocycles. The summed E-state index contributed by atoms with van der Waals surface area (Å²) >= 11 is 0. The van der Waals surface area contributed by atoms with Gasteiger partial charge in [-0.1, -0.05) is 48.0 Å². The fourth-order valence-electron chi connectivity index (χ4n) is 10.4. The van der Waals surface area contributed by atoms with Gasteiger partial charge >= 0.3 is 0 Å². The molecule has 4 aliphatic carbocycles. The Hall–Kier alpha value is -0.410. The number of epoxide rings is 2. The van der Waals surface area contributed by atoms with Gasteiger partial charge in [0.2, 0.25) is 0 Å². The van der Waals surface area contributed by atoms with Gasteiger partial charge in [-0.3, -0.25) is 4.79 Å². The predicted molar refractivity (Wildman–Crippen MR) is 126 cm³/mol. The molecule has 0 bridgehead atoms. The first-order valence-corrected chi connectivity index (χ1v) is 14.0. The molecule has 0 aromatic heterocycles. The third-order valence-electron chi connectivity index (χ3n) is 12.2. The largest absolute Gasteiger partial charge is 0.370 e. The van der Waals surface area contributed by atoms with E-state index in [-0.39, 0.29) is 11.3 Å². The molecule has 2 saturated heterocycles. The number of Topliss-reactive ketones (excluding diaryl/α,β-unsaturated/α-hetero) is 1. The summed E-state index contributed by atoms with van der Waals surface area (Å²) in [6, 6.07) is 0. The van der Waals surface area contributed by atoms with Crippen molar-refractivity contribution in [2.75, 3.05) is 0 Å². The molecule has 6 fully saturated rings. The number of hydrogen-bond acceptors (Lipinski definition) is 3. The molecule has 6 aliphatic rings. The summed E-state index contributed by atoms with van der Waals surface area (Å²) in [6.45, 7) is 14.6. The first kappa shape index (κ1) is 22.1. The summed E-state index contributed by atoms with van der Waals surface area (Å²) in [5.41, 5.74) is 0.590. The molecule has 3 nitrogen and oxygen atoms in total. The average molecular weight is 443 g/mol. The van der Waals surface area contributed by atoms with E-state index in [0.29, 0.717) is 59.3 Å². The Morgan fingerprint density at radius 3 is 2.44 bits per heavy atom. The number of carbonyl (C=O) groups excluding carboxylic acids is 1. The number of carbonyl (C=O) groups is 1. The molecule has 0 amide bonds. The maximum Gasteiger partial charge on any atom is 0.136 e. The zero-order chi connectivity index (χ0) is 22.6. The second kappa shape index (κ2) is 7.30. The van der Waals surface area contributed by atoms with Crippen LogP contribution in [0.2, 0.25) is 0 Å². The summed E-state index contributed by atoms with van der Waals surface area (Å²) in [5.74, 6) is 5.76. The third kappa shape index (κ3) is 3.01. The highest BCUT2D eigenvalue weighted by Gasteiger charge is 2.66. The molecule has 0 spiro atoms. The third-order valence-corrected chi connectivity index (χ3v) is 12.2. The van der Waals surface area contributed by atoms with Crippen molar-refractivity contribution in [1.82, 2.24) is 0 Å². The SMILES string of the molecule is CC[C@@H](C(C)C)C1OC1[C@@H](C)[C@H]1CC[C@H]2[C@@H]3CC(=O)[C@H]4C[C@@H]5O[C@@H]5C[C@]4(C)[C@H]3CC[C@]12C. The average Bonchev–Trinajstić information content (AvgIpc) is 3.63. The van der Waals surface area contributed by atoms with Crippen LogP contribution in [0.25, 0.3) is 0 Å². The Morgan fingerprint density at radius 2 is 1.72 bits per heavy atom. The summed E-state index contributed by atoms with van der Waals surface area (Å²) in [6.07, 6.45) is 11.4. The molecular weight excluding hydrogens is 396 g/mol. The van der Waals surface area contributed by atoms with Gasteiger partial charge in [-0.25, -0.2) is 0 Å². The van der Waals surface area contributed by atoms with E-state index in [9.17, 15) is 4.79 Å². The van der Waals surface area contributed by atoms with Crippen molar-refractivity contribution in [2.45, 2.75) is 117 Å². The van der Waals surface area contributed by atoms with E-state index in [1.54, 1.807) is 0 Å². The number of rotatable bonds is 5. The van der Waals surface area contributed by atoms with Crippen LogP contribution in [0.4, 0.5) is 0 Å². The Kier molecular flexibility index (Phi) is 5.03. The van der Waals surface area contributed by atoms with E-state index >= 15 is 0 Å². The second-order valence-corrected chi connectivity index (χ2v) is 13.7. The molecule has 0 radical (unpaired) electrons. The summed E-state index contributed by atoms with van der Waals surface area (Å²) < 4.78 is 12.3. The second-order valence-electron chi connectivity index (χ2n) is 13.7. The van der Waals surface area contributed by atoms with Gasteiger partial charge in [0.25, 0.3) is 0 Å². The first-order valence-electron chi connectivity index (χ1n) is 14.0. The minimum atomic E-state index is 0.193. The van der Waals surface area contributed by atoms with Crippen LogP contribution in [0.3, 0.4) is 0 Å². The van der Waals surface area contributed by atoms with Crippen molar-refractivity contribution in [1.29, 1.82) is 0 Å². The highest BCUT2D eigenvalue weighted by atomic mass is 16.6. The highest BCUT2D eigenvalue weighted by Crippen LogP contribution is 2.69. The van der Waals surface area contributed by atoms with Gasteiger partial charge in [-0.05, 0) is 90.8 Å². The molecule has 4 saturated carbocycles. The summed E-state index contributed by atoms with van der Waals surface area (Å²) in [4.78, 5) is 13.4. The quantitative estimate of drug-likeness (QED) is 0.470. The molecule has 2 unspecified atom stereocenters. The van der Waals surface area contributed by atoms with Crippen molar-refractivity contribution in [3.05, 3.63) is 0 Å². The maximum absolute atomic E-state index is 13.4. The molecule has 0 aromatic rings. The van der Waals surface area contributed by atoms with Gasteiger partial charge in [-0.15, -0.1) is 0 Å². The topological polar surface area (TPSA) is 42.1 Å². The Balaban J connectivity index is 1.21. The van der Waals surface area contributed by atoms with Crippen LogP contribution in [0.5, 0.6) is 0 Å². The molecular formula is C29H46O3. The normalized spacial score (nSPS) is 55.5. The summed E-state index contributed by atoms with van der Waals surface area (Å²) in [5, 5.41) is 0. The Bertz CT molecular complexity index is 776. The summed E-state index contributed by atoms with van der Waals surface area (Å²) in [7, 11) is 0. The van der Waals surface area contributed by atoms with Crippen LogP contribution >= 0.6 is 0 Å². The van der Waals surface area contributed by atoms with Crippen LogP contribution in [0.1, 0.15) is 92.9 Å². The van der Waals surface area contributed by atoms with Gasteiger partial charge in [-0.2, -0.15) is 0 Å². The van der Waals surface area contributed by atoms with Crippen LogP contribution in [0, 0.1) is 58.2 Å². The molecule has 3 heteroatoms. The monoisotopic (exact) mass is 442 g/mol. The van der Waals surface area contributed by atoms with Crippen LogP contribution < -0.4 is 0 Å². The van der Waals surface area contributed by atoms with E-state index in [1.807, 2.05) is 0 Å². The van der Waals surface area contributed by atoms with E-state index in [1.165, 1.54) is 32.1 Å². The minimum Gasteiger partial charge on any atom is -0.370 e. The molecule has 32 heavy (non-hydrogen) atoms. The maximum atomic E-state index is 13.4. The van der Waals surface area contributed by atoms with E-state index in [2.05, 4.69) is 41.5 Å². The minimum absolute atomic E-state index is 0.193. The molecule has 13 atom stereocenters. The predicted octanol–water partition coefficient (Wildman–Crippen LogP) is 6.29. The lowest BCUT2D eigenvalue weighted by molar-refractivity contribution is -0.152. The number of ether oxygens (including phenoxy) is 2. The zero-order valence-corrected chi connectivity index (χ0v) is 21.3. The lowest BCUT2D eigenvalue weighted by Gasteiger charge is -2.59. The van der Waals surface area contributed by atoms with Gasteiger partial charge in [0.05, 0.1) is 24.4 Å². The van der Waals surface area contributed by atoms with Gasteiger partial charge < -0.3 is 9.47 Å². The van der Waals surface area contributed by atoms with E-state index < -0.39 is 0 Å². The zero-order valence-electron chi connectivity index (χ0n) is 21.3. The van der Waals surface area contributed by atoms with Crippen molar-refractivity contribution in [3.63, 3.8) is 0 Å². The fourth-order valence-corrected chi connectivity index (χ4v) is 10.4. The van der Waals surface area contributed by atoms with Gasteiger partial charge in [0, 0.05) is 12.3 Å². The van der Waals surface area contributed by atoms with E-state index in [4.69, 9.17) is 9.47 Å². The fraction of sp³-hybridized carbons (Fsp3) is 0.966. The van der Waals surface area contributed by atoms with Crippen LogP contribution in [-0.2, 0) is 14.3 Å². The Morgan fingerprint density at radius 1 is 0.969 bits per heavy atom. The molecule has 0 N–H and O–H groups in total. The van der Waals surface area contributed by atoms with Gasteiger partial charge in [0.1, 0.15) is 5.78 Å². The molecule has 0 aromatic carbocycles. The van der Waals surface area contributed by atoms with Crippen molar-refractivity contribution in [3.8, 4) is 0 Å². The number of ketones is 1. The van der Waals surface area contributed by atoms with Crippen molar-refractivity contribution in [2.24, 2.45) is 58.2 Å². The standard InChI is InChI=1S/C29H46O3/c1-7-17(15(2)3)27-26(32-27)16(4)19-8-9-20-18-12-23(30)22-13-24-25(31-24)14-29(22,6)21(18)10-11-28(19,20)5/h15-22,24-27H,7-14H2,1-6H3/t16-,17-,18-,19+,20-,21-,22+,24-,25+,26?,27?,28+,29+/m0/s1. The Labute approximate surface area is 195 Å². The highest BCUT2D eigenvalue weighted by molar-refractivity contribution is 5.83. The van der Waals surface area contributed by atoms with E-state index in [0.717, 1.165) is 37.0 Å². The van der Waals surface area contributed by atoms with Crippen molar-refractivity contribution >= 4 is 5.78 Å². The van der Waals surface area contributed by atoms with Crippen LogP contribution in [-0.4, -0.2) is 30.2 Å². The molecule has 2 heterocycles. The lowest BCUT2D eigenvalue weighted by atomic mass is 9.44. The molecule has 180 valence electrons. The van der Waals surface area contributed by atoms with Gasteiger partial charge in [0.15, 0.2) is 0 Å². The smallest absolute Gasteiger partial charge is 0.136 e. The van der Waals surface area contributed by atoms with Crippen LogP contribution in [0.15, 0.2) is 0 Å². The molecule has 6 rings (SSSR count).